The molecule has 1 N–H and O–H groups in total. The maximum atomic E-state index is 3.98. The third-order valence-electron chi connectivity index (χ3n) is 5.21. The van der Waals surface area contributed by atoms with Crippen molar-refractivity contribution in [3.63, 3.8) is 0 Å². The van der Waals surface area contributed by atoms with E-state index in [9.17, 15) is 0 Å². The van der Waals surface area contributed by atoms with E-state index in [1.54, 1.807) is 0 Å². The smallest absolute Gasteiger partial charge is 0.0322 e. The van der Waals surface area contributed by atoms with Crippen molar-refractivity contribution >= 4 is 0 Å². The third kappa shape index (κ3) is 3.85. The summed E-state index contributed by atoms with van der Waals surface area (Å²) in [6.45, 7) is 7.07. The van der Waals surface area contributed by atoms with E-state index in [1.807, 2.05) is 0 Å². The number of nitrogens with one attached hydrogen (secondary N) is 1. The monoisotopic (exact) mass is 273 g/mol. The van der Waals surface area contributed by atoms with Gasteiger partial charge < -0.3 is 5.32 Å². The largest absolute Gasteiger partial charge is 0.307 e. The van der Waals surface area contributed by atoms with Crippen LogP contribution in [0.3, 0.4) is 0 Å². The van der Waals surface area contributed by atoms with Gasteiger partial charge in [0.2, 0.25) is 0 Å². The molecule has 1 aromatic carbocycles. The van der Waals surface area contributed by atoms with E-state index in [1.165, 1.54) is 44.1 Å². The van der Waals surface area contributed by atoms with E-state index in [0.717, 1.165) is 11.8 Å². The van der Waals surface area contributed by atoms with Crippen molar-refractivity contribution in [2.24, 2.45) is 11.8 Å². The molecule has 1 nitrogen and oxygen atoms in total. The van der Waals surface area contributed by atoms with Gasteiger partial charge in [-0.1, -0.05) is 70.4 Å². The minimum atomic E-state index is 0.541. The molecule has 4 unspecified atom stereocenters. The van der Waals surface area contributed by atoms with Crippen LogP contribution in [0.5, 0.6) is 0 Å². The Hall–Kier alpha value is -0.820. The van der Waals surface area contributed by atoms with Crippen molar-refractivity contribution in [3.8, 4) is 0 Å². The molecule has 1 heteroatoms. The van der Waals surface area contributed by atoms with E-state index >= 15 is 0 Å². The predicted molar refractivity (Wildman–Crippen MR) is 87.8 cm³/mol. The maximum Gasteiger partial charge on any atom is 0.0322 e. The lowest BCUT2D eigenvalue weighted by atomic mass is 9.92. The molecule has 0 spiro atoms. The van der Waals surface area contributed by atoms with E-state index < -0.39 is 0 Å². The second-order valence-corrected chi connectivity index (χ2v) is 6.48. The van der Waals surface area contributed by atoms with Crippen LogP contribution in [-0.4, -0.2) is 6.04 Å². The second-order valence-electron chi connectivity index (χ2n) is 6.48. The summed E-state index contributed by atoms with van der Waals surface area (Å²) in [6.07, 6.45) is 7.96. The molecular formula is C19H31N. The van der Waals surface area contributed by atoms with Gasteiger partial charge in [-0.05, 0) is 36.7 Å². The van der Waals surface area contributed by atoms with Gasteiger partial charge in [0.25, 0.3) is 0 Å². The average molecular weight is 273 g/mol. The molecule has 1 saturated carbocycles. The molecule has 1 aromatic rings. The Morgan fingerprint density at radius 3 is 2.50 bits per heavy atom. The lowest BCUT2D eigenvalue weighted by Crippen LogP contribution is -2.35. The first-order chi connectivity index (χ1) is 9.76. The summed E-state index contributed by atoms with van der Waals surface area (Å²) in [5, 5.41) is 3.98. The molecule has 0 amide bonds. The molecule has 0 bridgehead atoms. The van der Waals surface area contributed by atoms with Gasteiger partial charge in [-0.15, -0.1) is 0 Å². The van der Waals surface area contributed by atoms with Crippen LogP contribution in [0.4, 0.5) is 0 Å². The molecule has 0 aromatic heterocycles. The first-order valence-electron chi connectivity index (χ1n) is 8.57. The fourth-order valence-electron chi connectivity index (χ4n) is 3.76. The van der Waals surface area contributed by atoms with Crippen LogP contribution in [0.25, 0.3) is 0 Å². The standard InChI is InChI=1S/C19H31N/c1-4-6-12-19(17-10-8-7-9-11-17)20-18-14-13-16(5-2)15(18)3/h7-11,15-16,18-20H,4-6,12-14H2,1-3H3. The summed E-state index contributed by atoms with van der Waals surface area (Å²) in [6, 6.07) is 12.3. The summed E-state index contributed by atoms with van der Waals surface area (Å²) in [5.41, 5.74) is 1.47. The third-order valence-corrected chi connectivity index (χ3v) is 5.21. The maximum absolute atomic E-state index is 3.98. The lowest BCUT2D eigenvalue weighted by molar-refractivity contribution is 0.313. The van der Waals surface area contributed by atoms with Crippen molar-refractivity contribution in [1.82, 2.24) is 5.32 Å². The van der Waals surface area contributed by atoms with Crippen molar-refractivity contribution < 1.29 is 0 Å². The molecule has 1 aliphatic rings. The van der Waals surface area contributed by atoms with Crippen LogP contribution in [0.1, 0.15) is 70.9 Å². The van der Waals surface area contributed by atoms with Crippen LogP contribution in [0.2, 0.25) is 0 Å². The van der Waals surface area contributed by atoms with E-state index in [2.05, 4.69) is 56.4 Å². The second kappa shape index (κ2) is 7.83. The highest BCUT2D eigenvalue weighted by molar-refractivity contribution is 5.19. The van der Waals surface area contributed by atoms with Crippen molar-refractivity contribution in [2.45, 2.75) is 71.4 Å². The predicted octanol–water partition coefficient (Wildman–Crippen LogP) is 5.33. The van der Waals surface area contributed by atoms with Crippen LogP contribution in [-0.2, 0) is 0 Å². The molecule has 112 valence electrons. The Morgan fingerprint density at radius 1 is 1.15 bits per heavy atom. The Morgan fingerprint density at radius 2 is 1.90 bits per heavy atom. The van der Waals surface area contributed by atoms with Crippen molar-refractivity contribution in [2.75, 3.05) is 0 Å². The van der Waals surface area contributed by atoms with E-state index in [4.69, 9.17) is 0 Å². The number of unbranched alkanes of at least 4 members (excludes halogenated alkanes) is 1. The number of hydrogen-bond acceptors (Lipinski definition) is 1. The SMILES string of the molecule is CCCCC(NC1CCC(CC)C1C)c1ccccc1. The van der Waals surface area contributed by atoms with Gasteiger partial charge in [0, 0.05) is 12.1 Å². The molecular weight excluding hydrogens is 242 g/mol. The average Bonchev–Trinajstić information content (AvgIpc) is 2.84. The molecule has 4 atom stereocenters. The quantitative estimate of drug-likeness (QED) is 0.708. The molecule has 0 radical (unpaired) electrons. The van der Waals surface area contributed by atoms with Crippen LogP contribution >= 0.6 is 0 Å². The molecule has 1 aliphatic carbocycles. The Kier molecular flexibility index (Phi) is 6.09. The summed E-state index contributed by atoms with van der Waals surface area (Å²) in [7, 11) is 0. The summed E-state index contributed by atoms with van der Waals surface area (Å²) >= 11 is 0. The van der Waals surface area contributed by atoms with Crippen LogP contribution in [0, 0.1) is 11.8 Å². The Labute approximate surface area is 125 Å². The summed E-state index contributed by atoms with van der Waals surface area (Å²) in [4.78, 5) is 0. The fourth-order valence-corrected chi connectivity index (χ4v) is 3.76. The van der Waals surface area contributed by atoms with Crippen molar-refractivity contribution in [1.29, 1.82) is 0 Å². The number of hydrogen-bond donors (Lipinski definition) is 1. The highest BCUT2D eigenvalue weighted by Crippen LogP contribution is 2.35. The van der Waals surface area contributed by atoms with E-state index in [-0.39, 0.29) is 0 Å². The van der Waals surface area contributed by atoms with Gasteiger partial charge in [0.05, 0.1) is 0 Å². The molecule has 1 fully saturated rings. The van der Waals surface area contributed by atoms with Gasteiger partial charge in [-0.25, -0.2) is 0 Å². The van der Waals surface area contributed by atoms with Gasteiger partial charge in [0.1, 0.15) is 0 Å². The number of benzene rings is 1. The molecule has 0 aliphatic heterocycles. The fraction of sp³-hybridized carbons (Fsp3) is 0.684. The molecule has 0 saturated heterocycles. The van der Waals surface area contributed by atoms with Crippen molar-refractivity contribution in [3.05, 3.63) is 35.9 Å². The first kappa shape index (κ1) is 15.6. The summed E-state index contributed by atoms with van der Waals surface area (Å²) in [5.74, 6) is 1.75. The zero-order valence-electron chi connectivity index (χ0n) is 13.4. The topological polar surface area (TPSA) is 12.0 Å². The summed E-state index contributed by atoms with van der Waals surface area (Å²) < 4.78 is 0. The van der Waals surface area contributed by atoms with Gasteiger partial charge >= 0.3 is 0 Å². The van der Waals surface area contributed by atoms with Crippen LogP contribution in [0.15, 0.2) is 30.3 Å². The van der Waals surface area contributed by atoms with E-state index in [0.29, 0.717) is 12.1 Å². The normalized spacial score (nSPS) is 27.6. The highest BCUT2D eigenvalue weighted by atomic mass is 15.0. The van der Waals surface area contributed by atoms with Gasteiger partial charge in [0.15, 0.2) is 0 Å². The lowest BCUT2D eigenvalue weighted by Gasteiger charge is -2.27. The van der Waals surface area contributed by atoms with Gasteiger partial charge in [-0.3, -0.25) is 0 Å². The molecule has 0 heterocycles. The van der Waals surface area contributed by atoms with Gasteiger partial charge in [-0.2, -0.15) is 0 Å². The molecule has 2 rings (SSSR count). The first-order valence-corrected chi connectivity index (χ1v) is 8.57. The zero-order valence-corrected chi connectivity index (χ0v) is 13.4. The Balaban J connectivity index is 2.01. The van der Waals surface area contributed by atoms with Crippen LogP contribution < -0.4 is 5.32 Å². The zero-order chi connectivity index (χ0) is 14.4. The highest BCUT2D eigenvalue weighted by Gasteiger charge is 2.32. The number of rotatable bonds is 7. The molecule has 20 heavy (non-hydrogen) atoms. The minimum absolute atomic E-state index is 0.541. The Bertz CT molecular complexity index is 373. The minimum Gasteiger partial charge on any atom is -0.307 e.